The summed E-state index contributed by atoms with van der Waals surface area (Å²) in [4.78, 5) is 15.8. The Balaban J connectivity index is 0.000000300. The Morgan fingerprint density at radius 3 is 1.60 bits per heavy atom. The highest BCUT2D eigenvalue weighted by Gasteiger charge is 2.09. The summed E-state index contributed by atoms with van der Waals surface area (Å²) in [7, 11) is 7.24. The molecular weight excluding hydrogens is 548 g/mol. The van der Waals surface area contributed by atoms with Crippen LogP contribution >= 0.6 is 55.8 Å². The molecule has 0 heterocycles. The van der Waals surface area contributed by atoms with E-state index in [1.807, 2.05) is 66.1 Å². The summed E-state index contributed by atoms with van der Waals surface area (Å²) in [5.41, 5.74) is 4.60. The molecule has 0 aliphatic rings. The van der Waals surface area contributed by atoms with Crippen molar-refractivity contribution in [1.29, 1.82) is 0 Å². The Bertz CT molecular complexity index is 810. The topological polar surface area (TPSA) is 32.8 Å². The zero-order valence-corrected chi connectivity index (χ0v) is 23.4. The highest BCUT2D eigenvalue weighted by molar-refractivity contribution is 9.10. The van der Waals surface area contributed by atoms with Crippen LogP contribution in [0.2, 0.25) is 0 Å². The van der Waals surface area contributed by atoms with Gasteiger partial charge in [0, 0.05) is 42.0 Å². The first-order valence-corrected chi connectivity index (χ1v) is 12.0. The second kappa shape index (κ2) is 12.1. The lowest BCUT2D eigenvalue weighted by molar-refractivity contribution is 0.241. The van der Waals surface area contributed by atoms with Crippen molar-refractivity contribution in [2.75, 3.05) is 28.2 Å². The highest BCUT2D eigenvalue weighted by Crippen LogP contribution is 2.29. The minimum Gasteiger partial charge on any atom is -0.432 e. The van der Waals surface area contributed by atoms with Gasteiger partial charge in [-0.15, -0.1) is 0 Å². The summed E-state index contributed by atoms with van der Waals surface area (Å²) in [6, 6.07) is 7.96. The van der Waals surface area contributed by atoms with E-state index in [1.54, 1.807) is 23.9 Å². The van der Waals surface area contributed by atoms with E-state index in [9.17, 15) is 4.79 Å². The van der Waals surface area contributed by atoms with Crippen LogP contribution in [-0.2, 0) is 0 Å². The minimum absolute atomic E-state index is 0.0520. The number of carbonyl (C=O) groups excluding carboxylic acids is 1. The van der Waals surface area contributed by atoms with E-state index >= 15 is 0 Å². The largest absolute Gasteiger partial charge is 0.432 e. The van der Waals surface area contributed by atoms with Crippen LogP contribution in [0.1, 0.15) is 22.3 Å². The number of ether oxygens (including phenoxy) is 1. The second-order valence-electron chi connectivity index (χ2n) is 7.27. The summed E-state index contributed by atoms with van der Waals surface area (Å²) < 4.78 is 7.76. The maximum absolute atomic E-state index is 11.5. The number of carbonyl (C=O) groups is 1. The van der Waals surface area contributed by atoms with Gasteiger partial charge in [0.15, 0.2) is 0 Å². The summed E-state index contributed by atoms with van der Waals surface area (Å²) in [5, 5.41) is 0.521. The van der Waals surface area contributed by atoms with Crippen molar-refractivity contribution in [1.82, 2.24) is 9.80 Å². The fraction of sp³-hybridized carbons (Fsp3) is 0.364. The van der Waals surface area contributed by atoms with Crippen LogP contribution in [0.15, 0.2) is 38.1 Å². The van der Waals surface area contributed by atoms with Gasteiger partial charge in [-0.05, 0) is 98.2 Å². The number of nitrogens with zero attached hydrogens (tertiary/aromatic N) is 2. The van der Waals surface area contributed by atoms with Crippen molar-refractivity contribution in [2.45, 2.75) is 32.6 Å². The highest BCUT2D eigenvalue weighted by atomic mass is 79.9. The maximum atomic E-state index is 11.5. The second-order valence-corrected chi connectivity index (χ2v) is 10.2. The Morgan fingerprint density at radius 1 is 0.833 bits per heavy atom. The molecule has 2 rings (SSSR count). The third-order valence-electron chi connectivity index (χ3n) is 3.96. The zero-order chi connectivity index (χ0) is 23.2. The van der Waals surface area contributed by atoms with Gasteiger partial charge in [0.1, 0.15) is 5.75 Å². The molecule has 0 saturated carbocycles. The number of hydrogen-bond donors (Lipinski definition) is 0. The number of thiocarbonyl (C=S) groups is 1. The SMILES string of the molecule is Cc1cc(OC(=S)N(C)C)cc(C)c1Br.Cc1cc(SC(=O)N(C)C)cc(C)c1Br. The van der Waals surface area contributed by atoms with Crippen LogP contribution in [0, 0.1) is 27.7 Å². The molecule has 0 N–H and O–H groups in total. The average Bonchev–Trinajstić information content (AvgIpc) is 2.64. The molecule has 0 radical (unpaired) electrons. The lowest BCUT2D eigenvalue weighted by atomic mass is 10.1. The maximum Gasteiger partial charge on any atom is 0.285 e. The predicted molar refractivity (Wildman–Crippen MR) is 139 cm³/mol. The van der Waals surface area contributed by atoms with Gasteiger partial charge in [-0.2, -0.15) is 0 Å². The molecule has 0 aliphatic heterocycles. The lowest BCUT2D eigenvalue weighted by Crippen LogP contribution is -2.25. The van der Waals surface area contributed by atoms with Crippen molar-refractivity contribution in [2.24, 2.45) is 0 Å². The first-order chi connectivity index (χ1) is 13.8. The van der Waals surface area contributed by atoms with E-state index in [1.165, 1.54) is 11.8 Å². The molecule has 0 bridgehead atoms. The van der Waals surface area contributed by atoms with Crippen LogP contribution in [0.25, 0.3) is 0 Å². The lowest BCUT2D eigenvalue weighted by Gasteiger charge is -2.15. The number of thioether (sulfide) groups is 1. The molecule has 0 atom stereocenters. The fourth-order valence-electron chi connectivity index (χ4n) is 2.31. The molecule has 0 spiro atoms. The zero-order valence-electron chi connectivity index (χ0n) is 18.6. The first kappa shape index (κ1) is 26.9. The minimum atomic E-state index is 0.0520. The number of amides is 1. The van der Waals surface area contributed by atoms with Crippen molar-refractivity contribution < 1.29 is 9.53 Å². The number of hydrogen-bond acceptors (Lipinski definition) is 4. The Morgan fingerprint density at radius 2 is 1.23 bits per heavy atom. The van der Waals surface area contributed by atoms with Gasteiger partial charge in [-0.1, -0.05) is 31.9 Å². The molecule has 0 fully saturated rings. The summed E-state index contributed by atoms with van der Waals surface area (Å²) in [5.74, 6) is 0.784. The molecule has 1 amide bonds. The average molecular weight is 576 g/mol. The van der Waals surface area contributed by atoms with Crippen molar-refractivity contribution in [3.63, 3.8) is 0 Å². The summed E-state index contributed by atoms with van der Waals surface area (Å²) in [6.45, 7) is 8.12. The van der Waals surface area contributed by atoms with Crippen LogP contribution in [0.5, 0.6) is 5.75 Å². The standard InChI is InChI=1S/2C11H14BrNOS/c1-7-5-9(6-8(2)10(7)12)15-11(14)13(3)4;1-7-5-9(6-8(2)10(7)12)14-11(15)13(3)4/h2*5-6H,1-4H3. The Hall–Kier alpha value is -1.09. The van der Waals surface area contributed by atoms with Gasteiger partial charge in [-0.25, -0.2) is 0 Å². The predicted octanol–water partition coefficient (Wildman–Crippen LogP) is 7.13. The quantitative estimate of drug-likeness (QED) is 0.281. The van der Waals surface area contributed by atoms with Crippen LogP contribution < -0.4 is 4.74 Å². The summed E-state index contributed by atoms with van der Waals surface area (Å²) in [6.07, 6.45) is 0. The van der Waals surface area contributed by atoms with E-state index in [0.717, 1.165) is 41.8 Å². The molecule has 0 aromatic heterocycles. The number of aryl methyl sites for hydroxylation is 4. The molecular formula is C22H28Br2N2O2S2. The van der Waals surface area contributed by atoms with Gasteiger partial charge < -0.3 is 14.5 Å². The van der Waals surface area contributed by atoms with Crippen LogP contribution in [0.4, 0.5) is 4.79 Å². The number of rotatable bonds is 2. The molecule has 30 heavy (non-hydrogen) atoms. The van der Waals surface area contributed by atoms with E-state index in [0.29, 0.717) is 5.17 Å². The molecule has 8 heteroatoms. The van der Waals surface area contributed by atoms with Gasteiger partial charge in [0.05, 0.1) is 0 Å². The van der Waals surface area contributed by atoms with Crippen LogP contribution in [-0.4, -0.2) is 48.4 Å². The smallest absolute Gasteiger partial charge is 0.285 e. The van der Waals surface area contributed by atoms with E-state index in [-0.39, 0.29) is 5.24 Å². The third-order valence-corrected chi connectivity index (χ3v) is 7.92. The molecule has 4 nitrogen and oxygen atoms in total. The van der Waals surface area contributed by atoms with Gasteiger partial charge in [0.2, 0.25) is 0 Å². The first-order valence-electron chi connectivity index (χ1n) is 9.15. The molecule has 0 unspecified atom stereocenters. The van der Waals surface area contributed by atoms with Crippen LogP contribution in [0.3, 0.4) is 0 Å². The van der Waals surface area contributed by atoms with Crippen molar-refractivity contribution in [3.05, 3.63) is 55.5 Å². The molecule has 2 aromatic carbocycles. The van der Waals surface area contributed by atoms with Crippen molar-refractivity contribution >= 4 is 66.3 Å². The Kier molecular flexibility index (Phi) is 10.8. The molecule has 0 saturated heterocycles. The van der Waals surface area contributed by atoms with Gasteiger partial charge >= 0.3 is 0 Å². The third kappa shape index (κ3) is 8.21. The molecule has 2 aromatic rings. The van der Waals surface area contributed by atoms with E-state index < -0.39 is 0 Å². The number of halogens is 2. The molecule has 164 valence electrons. The fourth-order valence-corrected chi connectivity index (χ4v) is 3.72. The molecule has 0 aliphatic carbocycles. The Labute approximate surface area is 206 Å². The number of benzene rings is 2. The van der Waals surface area contributed by atoms with E-state index in [4.69, 9.17) is 17.0 Å². The summed E-state index contributed by atoms with van der Waals surface area (Å²) >= 11 is 13.3. The van der Waals surface area contributed by atoms with Crippen molar-refractivity contribution in [3.8, 4) is 5.75 Å². The van der Waals surface area contributed by atoms with E-state index in [2.05, 4.69) is 31.9 Å². The van der Waals surface area contributed by atoms with Gasteiger partial charge in [-0.3, -0.25) is 4.79 Å². The van der Waals surface area contributed by atoms with Gasteiger partial charge in [0.25, 0.3) is 10.4 Å². The monoisotopic (exact) mass is 574 g/mol. The normalized spacial score (nSPS) is 10.1.